The van der Waals surface area contributed by atoms with Crippen molar-refractivity contribution < 1.29 is 34.4 Å². The van der Waals surface area contributed by atoms with E-state index in [0.717, 1.165) is 4.90 Å². The second kappa shape index (κ2) is 7.18. The number of amides is 1. The zero-order valence-corrected chi connectivity index (χ0v) is 12.9. The van der Waals surface area contributed by atoms with Gasteiger partial charge in [-0.25, -0.2) is 4.39 Å². The van der Waals surface area contributed by atoms with Gasteiger partial charge >= 0.3 is 0 Å². The van der Waals surface area contributed by atoms with Gasteiger partial charge in [0.25, 0.3) is 0 Å². The molecule has 0 aliphatic carbocycles. The summed E-state index contributed by atoms with van der Waals surface area (Å²) in [5, 5.41) is 8.69. The molecule has 1 aromatic rings. The smallest absolute Gasteiger partial charge is 0.211 e. The second-order valence-electron chi connectivity index (χ2n) is 3.23. The number of aliphatic hydroxyl groups is 1. The Labute approximate surface area is 120 Å². The molecule has 97 valence electrons. The summed E-state index contributed by atoms with van der Waals surface area (Å²) in [5.74, 6) is -1.20. The number of aliphatic hydroxyl groups excluding tert-OH is 1. The van der Waals surface area contributed by atoms with Crippen molar-refractivity contribution in [3.8, 4) is 0 Å². The summed E-state index contributed by atoms with van der Waals surface area (Å²) in [6, 6.07) is 2.89. The Bertz CT molecular complexity index is 406. The van der Waals surface area contributed by atoms with E-state index in [1.54, 1.807) is 0 Å². The average molecular weight is 482 g/mol. The quantitative estimate of drug-likeness (QED) is 0.717. The Morgan fingerprint density at radius 3 is 2.76 bits per heavy atom. The summed E-state index contributed by atoms with van der Waals surface area (Å²) in [6.07, 6.45) is 0. The van der Waals surface area contributed by atoms with Gasteiger partial charge in [-0.1, -0.05) is 15.9 Å². The van der Waals surface area contributed by atoms with Crippen LogP contribution in [0.1, 0.15) is 0 Å². The fourth-order valence-electron chi connectivity index (χ4n) is 1.17. The molecule has 0 saturated heterocycles. The van der Waals surface area contributed by atoms with E-state index in [4.69, 9.17) is 10.8 Å². The van der Waals surface area contributed by atoms with Crippen LogP contribution in [0, 0.1) is 5.82 Å². The van der Waals surface area contributed by atoms with E-state index in [2.05, 4.69) is 15.9 Å². The van der Waals surface area contributed by atoms with Crippen LogP contribution in [0.3, 0.4) is 0 Å². The van der Waals surface area contributed by atoms with Crippen LogP contribution >= 0.6 is 15.9 Å². The zero-order chi connectivity index (χ0) is 12.3. The maximum atomic E-state index is 13.4. The second-order valence-corrected chi connectivity index (χ2v) is 4.14. The van der Waals surface area contributed by atoms with Crippen molar-refractivity contribution in [3.63, 3.8) is 0 Å². The molecule has 1 aromatic carbocycles. The molecule has 0 aromatic heterocycles. The average Bonchev–Trinajstić information content (AvgIpc) is 2.29. The number of rotatable bonds is 3. The number of halogens is 2. The number of hydrogen-bond acceptors (Lipinski definition) is 2. The monoisotopic (exact) mass is 482 g/mol. The van der Waals surface area contributed by atoms with Crippen LogP contribution < -0.4 is 4.90 Å². The minimum Gasteiger partial charge on any atom is -0.665 e. The van der Waals surface area contributed by atoms with Gasteiger partial charge in [0.1, 0.15) is 5.82 Å². The number of likely N-dealkylation sites (N-methyl/N-ethyl adjacent to an activating group) is 1. The SMILES string of the molecule is CN(C(=O)C([NH-])CO)c1cc(Br)ccc1F.[Ir]. The largest absolute Gasteiger partial charge is 0.665 e. The summed E-state index contributed by atoms with van der Waals surface area (Å²) in [4.78, 5) is 12.6. The molecule has 1 rings (SSSR count). The normalized spacial score (nSPS) is 11.6. The van der Waals surface area contributed by atoms with Gasteiger partial charge in [0.15, 0.2) is 0 Å². The summed E-state index contributed by atoms with van der Waals surface area (Å²) in [6.45, 7) is -0.585. The predicted octanol–water partition coefficient (Wildman–Crippen LogP) is 1.96. The standard InChI is InChI=1S/C10H11BrFN2O2.Ir/c1-14(10(16)8(13)5-15)9-4-6(11)2-3-7(9)12;/h2-4,8,13,15H,5H2,1H3;/q-1;. The Morgan fingerprint density at radius 1 is 1.65 bits per heavy atom. The van der Waals surface area contributed by atoms with Crippen molar-refractivity contribution in [2.24, 2.45) is 0 Å². The third kappa shape index (κ3) is 4.12. The number of hydrogen-bond donors (Lipinski definition) is 1. The molecule has 2 N–H and O–H groups in total. The van der Waals surface area contributed by atoms with E-state index in [1.165, 1.54) is 25.2 Å². The summed E-state index contributed by atoms with van der Waals surface area (Å²) >= 11 is 3.17. The molecule has 0 bridgehead atoms. The number of anilines is 1. The van der Waals surface area contributed by atoms with Crippen LogP contribution in [0.15, 0.2) is 22.7 Å². The van der Waals surface area contributed by atoms with Crippen molar-refractivity contribution in [1.82, 2.24) is 0 Å². The van der Waals surface area contributed by atoms with Gasteiger partial charge in [0, 0.05) is 38.2 Å². The van der Waals surface area contributed by atoms with Crippen molar-refractivity contribution in [2.45, 2.75) is 6.04 Å². The van der Waals surface area contributed by atoms with Gasteiger partial charge in [0.05, 0.1) is 5.69 Å². The first kappa shape index (κ1) is 16.7. The number of benzene rings is 1. The summed E-state index contributed by atoms with van der Waals surface area (Å²) in [7, 11) is 1.37. The van der Waals surface area contributed by atoms with Gasteiger partial charge in [-0.2, -0.15) is 0 Å². The van der Waals surface area contributed by atoms with Crippen LogP contribution in [0.5, 0.6) is 0 Å². The molecule has 0 heterocycles. The van der Waals surface area contributed by atoms with Gasteiger partial charge in [0.2, 0.25) is 5.91 Å². The van der Waals surface area contributed by atoms with E-state index >= 15 is 0 Å². The molecule has 7 heteroatoms. The third-order valence-electron chi connectivity index (χ3n) is 2.08. The van der Waals surface area contributed by atoms with Crippen LogP contribution in [-0.2, 0) is 24.9 Å². The molecule has 1 radical (unpaired) electrons. The topological polar surface area (TPSA) is 64.3 Å². The first-order valence-corrected chi connectivity index (χ1v) is 5.31. The molecular formula is C10H11BrFIrN2O2-. The molecule has 0 saturated carbocycles. The molecule has 0 spiro atoms. The summed E-state index contributed by atoms with van der Waals surface area (Å²) in [5.41, 5.74) is 7.33. The minimum atomic E-state index is -1.29. The Hall–Kier alpha value is -0.331. The number of carbonyl (C=O) groups excluding carboxylic acids is 1. The summed E-state index contributed by atoms with van der Waals surface area (Å²) < 4.78 is 14.0. The van der Waals surface area contributed by atoms with Gasteiger partial charge < -0.3 is 15.7 Å². The van der Waals surface area contributed by atoms with Gasteiger partial charge in [-0.05, 0) is 24.2 Å². The number of carbonyl (C=O) groups is 1. The van der Waals surface area contributed by atoms with Crippen molar-refractivity contribution >= 4 is 27.5 Å². The Morgan fingerprint density at radius 2 is 2.24 bits per heavy atom. The Kier molecular flexibility index (Phi) is 7.04. The van der Waals surface area contributed by atoms with E-state index in [9.17, 15) is 9.18 Å². The van der Waals surface area contributed by atoms with Crippen LogP contribution in [0.25, 0.3) is 5.73 Å². The third-order valence-corrected chi connectivity index (χ3v) is 2.57. The number of nitrogens with one attached hydrogen (secondary N) is 1. The molecule has 4 nitrogen and oxygen atoms in total. The first-order valence-electron chi connectivity index (χ1n) is 4.52. The zero-order valence-electron chi connectivity index (χ0n) is 8.91. The molecule has 1 unspecified atom stereocenters. The van der Waals surface area contributed by atoms with Crippen molar-refractivity contribution in [1.29, 1.82) is 0 Å². The minimum absolute atomic E-state index is 0. The molecule has 0 fully saturated rings. The molecular weight excluding hydrogens is 471 g/mol. The predicted molar refractivity (Wildman–Crippen MR) is 62.7 cm³/mol. The number of nitrogens with zero attached hydrogens (tertiary/aromatic N) is 1. The van der Waals surface area contributed by atoms with E-state index in [0.29, 0.717) is 4.47 Å². The van der Waals surface area contributed by atoms with Crippen LogP contribution in [0.2, 0.25) is 0 Å². The van der Waals surface area contributed by atoms with Crippen molar-refractivity contribution in [3.05, 3.63) is 34.2 Å². The Balaban J connectivity index is 0.00000256. The van der Waals surface area contributed by atoms with Crippen molar-refractivity contribution in [2.75, 3.05) is 18.6 Å². The molecule has 0 aliphatic heterocycles. The fourth-order valence-corrected chi connectivity index (χ4v) is 1.52. The van der Waals surface area contributed by atoms with Crippen LogP contribution in [-0.4, -0.2) is 30.7 Å². The van der Waals surface area contributed by atoms with E-state index in [1.807, 2.05) is 0 Å². The van der Waals surface area contributed by atoms with Gasteiger partial charge in [-0.3, -0.25) is 4.79 Å². The van der Waals surface area contributed by atoms with Crippen LogP contribution in [0.4, 0.5) is 10.1 Å². The maximum Gasteiger partial charge on any atom is 0.211 e. The first-order chi connectivity index (χ1) is 7.47. The molecule has 17 heavy (non-hydrogen) atoms. The maximum absolute atomic E-state index is 13.4. The van der Waals surface area contributed by atoms with E-state index < -0.39 is 24.4 Å². The van der Waals surface area contributed by atoms with Gasteiger partial charge in [-0.15, -0.1) is 0 Å². The fraction of sp³-hybridized carbons (Fsp3) is 0.300. The molecule has 0 aliphatic rings. The molecule has 1 atom stereocenters. The van der Waals surface area contributed by atoms with E-state index in [-0.39, 0.29) is 25.8 Å². The molecule has 1 amide bonds.